The minimum absolute atomic E-state index is 0.0678. The predicted octanol–water partition coefficient (Wildman–Crippen LogP) is 1.57. The Morgan fingerprint density at radius 1 is 1.42 bits per heavy atom. The van der Waals surface area contributed by atoms with Crippen LogP contribution in [0.2, 0.25) is 0 Å². The van der Waals surface area contributed by atoms with Crippen LogP contribution in [0.25, 0.3) is 0 Å². The van der Waals surface area contributed by atoms with E-state index in [1.54, 1.807) is 22.8 Å². The molecule has 1 spiro atoms. The summed E-state index contributed by atoms with van der Waals surface area (Å²) in [6.07, 6.45) is 3.38. The van der Waals surface area contributed by atoms with Crippen molar-refractivity contribution in [1.29, 1.82) is 0 Å². The molecule has 6 nitrogen and oxygen atoms in total. The van der Waals surface area contributed by atoms with Crippen molar-refractivity contribution in [3.63, 3.8) is 0 Å². The van der Waals surface area contributed by atoms with Crippen LogP contribution in [-0.4, -0.2) is 68.8 Å². The third kappa shape index (κ3) is 3.67. The van der Waals surface area contributed by atoms with E-state index in [-0.39, 0.29) is 5.41 Å². The number of ether oxygens (including phenoxy) is 1. The van der Waals surface area contributed by atoms with Gasteiger partial charge in [-0.2, -0.15) is 0 Å². The summed E-state index contributed by atoms with van der Waals surface area (Å²) in [6.45, 7) is 6.92. The van der Waals surface area contributed by atoms with Crippen molar-refractivity contribution in [2.45, 2.75) is 26.3 Å². The summed E-state index contributed by atoms with van der Waals surface area (Å²) in [6, 6.07) is 0. The molecule has 3 rings (SSSR count). The van der Waals surface area contributed by atoms with Crippen LogP contribution in [0.15, 0.2) is 5.51 Å². The minimum atomic E-state index is -3.13. The summed E-state index contributed by atoms with van der Waals surface area (Å²) in [5.74, 6) is 0.296. The fourth-order valence-electron chi connectivity index (χ4n) is 4.07. The average molecular weight is 374 g/mol. The maximum absolute atomic E-state index is 12.0. The average Bonchev–Trinajstić information content (AvgIpc) is 3.07. The summed E-state index contributed by atoms with van der Waals surface area (Å²) in [7, 11) is -1.42. The zero-order valence-electron chi connectivity index (χ0n) is 14.7. The molecule has 0 unspecified atom stereocenters. The van der Waals surface area contributed by atoms with Gasteiger partial charge in [-0.15, -0.1) is 11.3 Å². The highest BCUT2D eigenvalue weighted by molar-refractivity contribution is 7.88. The van der Waals surface area contributed by atoms with Gasteiger partial charge in [0.15, 0.2) is 0 Å². The largest absolute Gasteiger partial charge is 0.384 e. The van der Waals surface area contributed by atoms with E-state index >= 15 is 0 Å². The molecular weight excluding hydrogens is 346 g/mol. The second-order valence-corrected chi connectivity index (χ2v) is 10.1. The molecule has 2 fully saturated rings. The van der Waals surface area contributed by atoms with Crippen molar-refractivity contribution in [3.05, 3.63) is 16.1 Å². The highest BCUT2D eigenvalue weighted by atomic mass is 32.2. The number of thiazole rings is 1. The van der Waals surface area contributed by atoms with Crippen molar-refractivity contribution in [2.75, 3.05) is 46.2 Å². The molecule has 0 aromatic carbocycles. The fourth-order valence-corrected chi connectivity index (χ4v) is 5.83. The van der Waals surface area contributed by atoms with E-state index in [1.165, 1.54) is 11.1 Å². The summed E-state index contributed by atoms with van der Waals surface area (Å²) in [5.41, 5.74) is 3.10. The van der Waals surface area contributed by atoms with Gasteiger partial charge in [0.1, 0.15) is 0 Å². The Morgan fingerprint density at radius 2 is 2.12 bits per heavy atom. The molecule has 2 saturated heterocycles. The molecule has 1 aromatic rings. The number of sulfonamides is 1. The Bertz CT molecular complexity index is 666. The number of likely N-dealkylation sites (tertiary alicyclic amines) is 1. The van der Waals surface area contributed by atoms with Crippen molar-refractivity contribution in [3.8, 4) is 0 Å². The second kappa shape index (κ2) is 6.99. The van der Waals surface area contributed by atoms with Gasteiger partial charge < -0.3 is 4.74 Å². The minimum Gasteiger partial charge on any atom is -0.384 e. The second-order valence-electron chi connectivity index (χ2n) is 7.21. The molecule has 1 atom stereocenters. The lowest BCUT2D eigenvalue weighted by molar-refractivity contribution is 0.0360. The summed E-state index contributed by atoms with van der Waals surface area (Å²) < 4.78 is 31.0. The first kappa shape index (κ1) is 18.3. The lowest BCUT2D eigenvalue weighted by Gasteiger charge is -2.42. The summed E-state index contributed by atoms with van der Waals surface area (Å²) in [4.78, 5) is 8.14. The van der Waals surface area contributed by atoms with E-state index in [1.807, 2.05) is 5.51 Å². The Kier molecular flexibility index (Phi) is 5.32. The normalized spacial score (nSPS) is 25.5. The van der Waals surface area contributed by atoms with Gasteiger partial charge in [-0.1, -0.05) is 0 Å². The molecule has 136 valence electrons. The van der Waals surface area contributed by atoms with Gasteiger partial charge in [0.2, 0.25) is 10.0 Å². The molecule has 2 aliphatic rings. The highest BCUT2D eigenvalue weighted by Gasteiger charge is 2.50. The molecule has 1 aromatic heterocycles. The van der Waals surface area contributed by atoms with E-state index in [4.69, 9.17) is 4.74 Å². The SMILES string of the molecule is COC[C@H]1CN(S(C)(=O)=O)CC12CCN(Cc1scnc1C)CC2. The van der Waals surface area contributed by atoms with Gasteiger partial charge in [0, 0.05) is 37.5 Å². The first-order chi connectivity index (χ1) is 11.3. The molecular formula is C16H27N3O3S2. The summed E-state index contributed by atoms with van der Waals surface area (Å²) >= 11 is 1.72. The van der Waals surface area contributed by atoms with Crippen LogP contribution in [0.3, 0.4) is 0 Å². The fraction of sp³-hybridized carbons (Fsp3) is 0.812. The third-order valence-electron chi connectivity index (χ3n) is 5.68. The van der Waals surface area contributed by atoms with E-state index in [0.29, 0.717) is 25.6 Å². The number of methoxy groups -OCH3 is 1. The Labute approximate surface area is 148 Å². The van der Waals surface area contributed by atoms with Crippen LogP contribution >= 0.6 is 11.3 Å². The van der Waals surface area contributed by atoms with Crippen molar-refractivity contribution >= 4 is 21.4 Å². The molecule has 0 radical (unpaired) electrons. The van der Waals surface area contributed by atoms with Crippen LogP contribution in [0.4, 0.5) is 0 Å². The first-order valence-corrected chi connectivity index (χ1v) is 11.1. The van der Waals surface area contributed by atoms with Crippen LogP contribution in [0.5, 0.6) is 0 Å². The van der Waals surface area contributed by atoms with Crippen molar-refractivity contribution < 1.29 is 13.2 Å². The molecule has 3 heterocycles. The monoisotopic (exact) mass is 373 g/mol. The van der Waals surface area contributed by atoms with Gasteiger partial charge >= 0.3 is 0 Å². The van der Waals surface area contributed by atoms with Gasteiger partial charge in [0.05, 0.1) is 24.1 Å². The third-order valence-corrected chi connectivity index (χ3v) is 7.82. The van der Waals surface area contributed by atoms with Crippen LogP contribution in [-0.2, 0) is 21.3 Å². The summed E-state index contributed by atoms with van der Waals surface area (Å²) in [5, 5.41) is 0. The zero-order chi connectivity index (χ0) is 17.4. The number of piperidine rings is 1. The Hall–Kier alpha value is -0.540. The first-order valence-electron chi connectivity index (χ1n) is 8.39. The molecule has 0 bridgehead atoms. The quantitative estimate of drug-likeness (QED) is 0.784. The van der Waals surface area contributed by atoms with E-state index < -0.39 is 10.0 Å². The van der Waals surface area contributed by atoms with E-state index in [2.05, 4.69) is 16.8 Å². The molecule has 0 N–H and O–H groups in total. The zero-order valence-corrected chi connectivity index (χ0v) is 16.3. The van der Waals surface area contributed by atoms with E-state index in [0.717, 1.165) is 38.2 Å². The molecule has 24 heavy (non-hydrogen) atoms. The molecule has 8 heteroatoms. The number of nitrogens with zero attached hydrogens (tertiary/aromatic N) is 3. The van der Waals surface area contributed by atoms with Gasteiger partial charge in [-0.25, -0.2) is 17.7 Å². The maximum atomic E-state index is 12.0. The van der Waals surface area contributed by atoms with Gasteiger partial charge in [-0.05, 0) is 38.3 Å². The highest BCUT2D eigenvalue weighted by Crippen LogP contribution is 2.45. The maximum Gasteiger partial charge on any atom is 0.211 e. The number of rotatable bonds is 5. The Balaban J connectivity index is 1.67. The predicted molar refractivity (Wildman–Crippen MR) is 95.6 cm³/mol. The van der Waals surface area contributed by atoms with Crippen molar-refractivity contribution in [2.24, 2.45) is 11.3 Å². The lowest BCUT2D eigenvalue weighted by atomic mass is 9.71. The van der Waals surface area contributed by atoms with E-state index in [9.17, 15) is 8.42 Å². The number of hydrogen-bond donors (Lipinski definition) is 0. The molecule has 0 saturated carbocycles. The standard InChI is InChI=1S/C16H27N3O3S2/c1-13-15(23-12-17-13)9-18-6-4-16(5-7-18)11-19(24(3,20)21)8-14(16)10-22-2/h12,14H,4-11H2,1-3H3/t14-/m1/s1. The lowest BCUT2D eigenvalue weighted by Crippen LogP contribution is -2.45. The van der Waals surface area contributed by atoms with Crippen molar-refractivity contribution in [1.82, 2.24) is 14.2 Å². The number of aryl methyl sites for hydroxylation is 1. The topological polar surface area (TPSA) is 62.7 Å². The molecule has 2 aliphatic heterocycles. The van der Waals surface area contributed by atoms with Crippen LogP contribution in [0.1, 0.15) is 23.4 Å². The van der Waals surface area contributed by atoms with Crippen LogP contribution in [0, 0.1) is 18.3 Å². The van der Waals surface area contributed by atoms with Gasteiger partial charge in [0.25, 0.3) is 0 Å². The number of aromatic nitrogens is 1. The smallest absolute Gasteiger partial charge is 0.211 e. The molecule has 0 aliphatic carbocycles. The molecule has 0 amide bonds. The van der Waals surface area contributed by atoms with Crippen LogP contribution < -0.4 is 0 Å². The van der Waals surface area contributed by atoms with Gasteiger partial charge in [-0.3, -0.25) is 4.90 Å². The Morgan fingerprint density at radius 3 is 2.67 bits per heavy atom. The number of hydrogen-bond acceptors (Lipinski definition) is 6.